The van der Waals surface area contributed by atoms with E-state index < -0.39 is 23.1 Å². The monoisotopic (exact) mass is 255 g/mol. The molecule has 0 aliphatic carbocycles. The lowest BCUT2D eigenvalue weighted by Gasteiger charge is -2.28. The van der Waals surface area contributed by atoms with Gasteiger partial charge in [-0.1, -0.05) is 13.8 Å². The Balaban J connectivity index is 2.45. The van der Waals surface area contributed by atoms with E-state index in [1.165, 1.54) is 16.8 Å². The first-order valence-corrected chi connectivity index (χ1v) is 6.07. The van der Waals surface area contributed by atoms with E-state index >= 15 is 0 Å². The minimum absolute atomic E-state index is 0.0914. The first kappa shape index (κ1) is 13.0. The van der Waals surface area contributed by atoms with Crippen molar-refractivity contribution in [3.05, 3.63) is 33.1 Å². The Kier molecular flexibility index (Phi) is 3.16. The largest absolute Gasteiger partial charge is 0.385 e. The molecule has 1 aliphatic rings. The summed E-state index contributed by atoms with van der Waals surface area (Å²) in [5.41, 5.74) is -2.19. The fourth-order valence-electron chi connectivity index (χ4n) is 2.43. The van der Waals surface area contributed by atoms with Gasteiger partial charge in [-0.2, -0.15) is 0 Å². The zero-order valence-electron chi connectivity index (χ0n) is 10.7. The van der Waals surface area contributed by atoms with Crippen molar-refractivity contribution in [2.75, 3.05) is 0 Å². The predicted molar refractivity (Wildman–Crippen MR) is 65.3 cm³/mol. The number of aromatic nitrogens is 2. The number of nitrogens with zero attached hydrogens (tertiary/aromatic N) is 1. The smallest absolute Gasteiger partial charge is 0.330 e. The molecule has 0 spiro atoms. The van der Waals surface area contributed by atoms with Crippen LogP contribution >= 0.6 is 0 Å². The van der Waals surface area contributed by atoms with Crippen LogP contribution in [0.3, 0.4) is 0 Å². The zero-order chi connectivity index (χ0) is 13.5. The van der Waals surface area contributed by atoms with E-state index in [1.54, 1.807) is 6.92 Å². The number of hydrogen-bond acceptors (Lipinski definition) is 4. The molecule has 1 aliphatic heterocycles. The van der Waals surface area contributed by atoms with Gasteiger partial charge < -0.3 is 9.84 Å². The van der Waals surface area contributed by atoms with Gasteiger partial charge in [-0.3, -0.25) is 14.3 Å². The number of rotatable bonds is 2. The fraction of sp³-hybridized carbons (Fsp3) is 0.667. The van der Waals surface area contributed by atoms with Gasteiger partial charge in [0.15, 0.2) is 6.23 Å². The third kappa shape index (κ3) is 1.91. The maximum Gasteiger partial charge on any atom is 0.330 e. The van der Waals surface area contributed by atoms with Gasteiger partial charge in [0.1, 0.15) is 5.60 Å². The Hall–Kier alpha value is -1.40. The molecule has 0 amide bonds. The van der Waals surface area contributed by atoms with Crippen LogP contribution in [0.4, 0.5) is 0 Å². The molecule has 6 heteroatoms. The molecule has 0 radical (unpaired) electrons. The number of hydrogen-bond donors (Lipinski definition) is 2. The maximum absolute atomic E-state index is 11.7. The first-order chi connectivity index (χ1) is 8.37. The van der Waals surface area contributed by atoms with Gasteiger partial charge in [0.05, 0.1) is 6.10 Å². The van der Waals surface area contributed by atoms with E-state index in [4.69, 9.17) is 4.74 Å². The summed E-state index contributed by atoms with van der Waals surface area (Å²) in [6.45, 7) is 5.51. The highest BCUT2D eigenvalue weighted by molar-refractivity contribution is 4.98. The molecule has 2 N–H and O–H groups in total. The summed E-state index contributed by atoms with van der Waals surface area (Å²) in [7, 11) is 0. The SMILES string of the molecule is CC[C@H]1O[C@@H](n2ccc(=O)[nH]c2=O)[C@@]([13CH3])(O)[C@@H]1C. The van der Waals surface area contributed by atoms with E-state index in [-0.39, 0.29) is 12.0 Å². The third-order valence-corrected chi connectivity index (χ3v) is 3.79. The molecule has 4 atom stereocenters. The van der Waals surface area contributed by atoms with Crippen molar-refractivity contribution >= 4 is 0 Å². The Labute approximate surface area is 104 Å². The van der Waals surface area contributed by atoms with E-state index in [0.717, 1.165) is 6.42 Å². The summed E-state index contributed by atoms with van der Waals surface area (Å²) in [6, 6.07) is 1.24. The van der Waals surface area contributed by atoms with Crippen molar-refractivity contribution in [1.82, 2.24) is 9.55 Å². The van der Waals surface area contributed by atoms with E-state index in [1.807, 2.05) is 13.8 Å². The lowest BCUT2D eigenvalue weighted by molar-refractivity contribution is -0.0876. The van der Waals surface area contributed by atoms with Gasteiger partial charge in [0.2, 0.25) is 0 Å². The summed E-state index contributed by atoms with van der Waals surface area (Å²) in [4.78, 5) is 24.9. The van der Waals surface area contributed by atoms with Crippen molar-refractivity contribution in [2.45, 2.75) is 45.1 Å². The molecule has 0 aromatic carbocycles. The second kappa shape index (κ2) is 4.37. The average Bonchev–Trinajstić information content (AvgIpc) is 2.52. The van der Waals surface area contributed by atoms with Gasteiger partial charge in [-0.05, 0) is 13.3 Å². The molecule has 0 saturated carbocycles. The van der Waals surface area contributed by atoms with E-state index in [2.05, 4.69) is 4.98 Å². The van der Waals surface area contributed by atoms with Crippen molar-refractivity contribution in [2.24, 2.45) is 5.92 Å². The molecule has 6 nitrogen and oxygen atoms in total. The number of nitrogens with one attached hydrogen (secondary N) is 1. The molecule has 2 rings (SSSR count). The molecule has 1 fully saturated rings. The molecule has 100 valence electrons. The van der Waals surface area contributed by atoms with Gasteiger partial charge in [-0.25, -0.2) is 4.79 Å². The fourth-order valence-corrected chi connectivity index (χ4v) is 2.43. The molecule has 1 aromatic rings. The molecule has 2 heterocycles. The Bertz CT molecular complexity index is 545. The molecule has 18 heavy (non-hydrogen) atoms. The van der Waals surface area contributed by atoms with Gasteiger partial charge in [0, 0.05) is 18.2 Å². The molecule has 0 bridgehead atoms. The van der Waals surface area contributed by atoms with Gasteiger partial charge in [0.25, 0.3) is 5.56 Å². The lowest BCUT2D eigenvalue weighted by atomic mass is 9.91. The summed E-state index contributed by atoms with van der Waals surface area (Å²) in [5, 5.41) is 10.5. The lowest BCUT2D eigenvalue weighted by Crippen LogP contribution is -2.42. The second-order valence-corrected chi connectivity index (χ2v) is 4.97. The van der Waals surface area contributed by atoms with Crippen LogP contribution in [0.25, 0.3) is 0 Å². The van der Waals surface area contributed by atoms with Crippen LogP contribution in [0.5, 0.6) is 0 Å². The van der Waals surface area contributed by atoms with E-state index in [9.17, 15) is 14.7 Å². The molecule has 0 unspecified atom stereocenters. The summed E-state index contributed by atoms with van der Waals surface area (Å²) < 4.78 is 6.97. The number of H-pyrrole nitrogens is 1. The third-order valence-electron chi connectivity index (χ3n) is 3.79. The Morgan fingerprint density at radius 3 is 2.72 bits per heavy atom. The van der Waals surface area contributed by atoms with Crippen LogP contribution in [0.15, 0.2) is 21.9 Å². The van der Waals surface area contributed by atoms with Crippen LogP contribution in [0.2, 0.25) is 0 Å². The standard InChI is InChI=1S/C12H18N2O4/c1-4-8-7(2)12(3,17)10(18-8)14-6-5-9(15)13-11(14)16/h5-8,10,17H,4H2,1-3H3,(H,13,15,16)/t7-,8-,10-,12+/m1/s1/i3+1. The van der Waals surface area contributed by atoms with Crippen LogP contribution in [0.1, 0.15) is 33.4 Å². The maximum atomic E-state index is 11.7. The highest BCUT2D eigenvalue weighted by atomic mass is 16.5. The van der Waals surface area contributed by atoms with Crippen molar-refractivity contribution < 1.29 is 9.84 Å². The minimum atomic E-state index is -1.15. The predicted octanol–water partition coefficient (Wildman–Crippen LogP) is 0.231. The highest BCUT2D eigenvalue weighted by Crippen LogP contribution is 2.42. The van der Waals surface area contributed by atoms with Gasteiger partial charge in [-0.15, -0.1) is 0 Å². The zero-order valence-corrected chi connectivity index (χ0v) is 10.7. The van der Waals surface area contributed by atoms with Crippen LogP contribution in [0, 0.1) is 5.92 Å². The Morgan fingerprint density at radius 1 is 1.56 bits per heavy atom. The summed E-state index contributed by atoms with van der Waals surface area (Å²) in [6.07, 6.45) is 1.22. The van der Waals surface area contributed by atoms with Crippen molar-refractivity contribution in [3.63, 3.8) is 0 Å². The van der Waals surface area contributed by atoms with Crippen molar-refractivity contribution in [1.29, 1.82) is 0 Å². The summed E-state index contributed by atoms with van der Waals surface area (Å²) >= 11 is 0. The van der Waals surface area contributed by atoms with Crippen LogP contribution in [-0.2, 0) is 4.74 Å². The minimum Gasteiger partial charge on any atom is -0.385 e. The number of aliphatic hydroxyl groups is 1. The molecular weight excluding hydrogens is 237 g/mol. The molecule has 1 aromatic heterocycles. The second-order valence-electron chi connectivity index (χ2n) is 4.97. The topological polar surface area (TPSA) is 84.3 Å². The molecular formula is C12H18N2O4. The van der Waals surface area contributed by atoms with E-state index in [0.29, 0.717) is 0 Å². The van der Waals surface area contributed by atoms with Crippen molar-refractivity contribution in [3.8, 4) is 0 Å². The first-order valence-electron chi connectivity index (χ1n) is 6.07. The average molecular weight is 255 g/mol. The number of aromatic amines is 1. The quantitative estimate of drug-likeness (QED) is 0.741. The van der Waals surface area contributed by atoms with Crippen LogP contribution in [-0.4, -0.2) is 26.4 Å². The molecule has 1 saturated heterocycles. The Morgan fingerprint density at radius 2 is 2.22 bits per heavy atom. The van der Waals surface area contributed by atoms with Crippen LogP contribution < -0.4 is 11.2 Å². The summed E-state index contributed by atoms with van der Waals surface area (Å²) in [5.74, 6) is -0.0914. The van der Waals surface area contributed by atoms with Gasteiger partial charge >= 0.3 is 5.69 Å². The highest BCUT2D eigenvalue weighted by Gasteiger charge is 2.50. The normalized spacial score (nSPS) is 35.9. The number of ether oxygens (including phenoxy) is 1.